The number of ether oxygens (including phenoxy) is 1. The molecule has 0 atom stereocenters. The predicted octanol–water partition coefficient (Wildman–Crippen LogP) is 3.12. The number of methoxy groups -OCH3 is 1. The van der Waals surface area contributed by atoms with E-state index in [1.54, 1.807) is 14.0 Å². The number of rotatable bonds is 6. The number of hydrogen-bond acceptors (Lipinski definition) is 3. The van der Waals surface area contributed by atoms with Gasteiger partial charge in [-0.25, -0.2) is 0 Å². The third-order valence-electron chi connectivity index (χ3n) is 4.38. The van der Waals surface area contributed by atoms with E-state index in [1.807, 2.05) is 30.0 Å². The van der Waals surface area contributed by atoms with Gasteiger partial charge in [0.2, 0.25) is 11.8 Å². The second-order valence-electron chi connectivity index (χ2n) is 6.15. The van der Waals surface area contributed by atoms with E-state index in [0.717, 1.165) is 18.4 Å². The molecule has 2 rings (SSSR count). The van der Waals surface area contributed by atoms with Crippen molar-refractivity contribution in [1.29, 1.82) is 0 Å². The Morgan fingerprint density at radius 3 is 2.61 bits per heavy atom. The van der Waals surface area contributed by atoms with Crippen molar-refractivity contribution in [2.24, 2.45) is 0 Å². The number of nitrogens with zero attached hydrogens (tertiary/aromatic N) is 1. The first-order valence-electron chi connectivity index (χ1n) is 8.23. The van der Waals surface area contributed by atoms with Gasteiger partial charge in [-0.2, -0.15) is 0 Å². The lowest BCUT2D eigenvalue weighted by Crippen LogP contribution is -2.39. The van der Waals surface area contributed by atoms with Crippen LogP contribution in [0.1, 0.15) is 44.6 Å². The van der Waals surface area contributed by atoms with Crippen LogP contribution in [0, 0.1) is 6.92 Å². The first-order chi connectivity index (χ1) is 11.0. The Kier molecular flexibility index (Phi) is 6.02. The fourth-order valence-corrected chi connectivity index (χ4v) is 3.17. The van der Waals surface area contributed by atoms with Gasteiger partial charge in [0.05, 0.1) is 12.8 Å². The molecule has 1 N–H and O–H groups in total. The number of carbonyl (C=O) groups excluding carboxylic acids is 2. The van der Waals surface area contributed by atoms with Crippen molar-refractivity contribution >= 4 is 17.5 Å². The standard InChI is InChI=1S/C18H26N2O3/c1-13-8-9-17(23-3)16(12-13)19-18(22)10-11-20(14(2)21)15-6-4-5-7-15/h8-9,12,15H,4-7,10-11H2,1-3H3,(H,19,22). The van der Waals surface area contributed by atoms with Gasteiger partial charge in [0.15, 0.2) is 0 Å². The second-order valence-corrected chi connectivity index (χ2v) is 6.15. The van der Waals surface area contributed by atoms with Crippen LogP contribution in [0.4, 0.5) is 5.69 Å². The van der Waals surface area contributed by atoms with Crippen molar-refractivity contribution in [1.82, 2.24) is 4.90 Å². The molecular weight excluding hydrogens is 292 g/mol. The minimum atomic E-state index is -0.0989. The third kappa shape index (κ3) is 4.71. The van der Waals surface area contributed by atoms with Crippen LogP contribution in [0.15, 0.2) is 18.2 Å². The molecule has 0 spiro atoms. The van der Waals surface area contributed by atoms with Gasteiger partial charge in [0, 0.05) is 25.9 Å². The smallest absolute Gasteiger partial charge is 0.226 e. The Morgan fingerprint density at radius 1 is 1.30 bits per heavy atom. The second kappa shape index (κ2) is 7.99. The molecule has 126 valence electrons. The van der Waals surface area contributed by atoms with E-state index in [4.69, 9.17) is 4.74 Å². The lowest BCUT2D eigenvalue weighted by Gasteiger charge is -2.27. The number of anilines is 1. The third-order valence-corrected chi connectivity index (χ3v) is 4.38. The van der Waals surface area contributed by atoms with Gasteiger partial charge in [-0.3, -0.25) is 9.59 Å². The highest BCUT2D eigenvalue weighted by Crippen LogP contribution is 2.26. The first kappa shape index (κ1) is 17.3. The van der Waals surface area contributed by atoms with Crippen molar-refractivity contribution in [3.8, 4) is 5.75 Å². The monoisotopic (exact) mass is 318 g/mol. The fourth-order valence-electron chi connectivity index (χ4n) is 3.17. The van der Waals surface area contributed by atoms with E-state index in [-0.39, 0.29) is 11.8 Å². The number of aryl methyl sites for hydroxylation is 1. The number of hydrogen-bond donors (Lipinski definition) is 1. The molecule has 1 aromatic carbocycles. The van der Waals surface area contributed by atoms with Crippen LogP contribution in [0.3, 0.4) is 0 Å². The maximum absolute atomic E-state index is 12.2. The number of benzene rings is 1. The highest BCUT2D eigenvalue weighted by atomic mass is 16.5. The molecule has 0 aromatic heterocycles. The minimum absolute atomic E-state index is 0.0536. The first-order valence-corrected chi connectivity index (χ1v) is 8.23. The van der Waals surface area contributed by atoms with Gasteiger partial charge in [-0.15, -0.1) is 0 Å². The molecule has 0 heterocycles. The van der Waals surface area contributed by atoms with Crippen LogP contribution in [-0.4, -0.2) is 36.4 Å². The average molecular weight is 318 g/mol. The number of carbonyl (C=O) groups is 2. The van der Waals surface area contributed by atoms with Crippen molar-refractivity contribution < 1.29 is 14.3 Å². The van der Waals surface area contributed by atoms with Crippen LogP contribution < -0.4 is 10.1 Å². The van der Waals surface area contributed by atoms with Gasteiger partial charge in [-0.1, -0.05) is 18.9 Å². The molecule has 1 aromatic rings. The van der Waals surface area contributed by atoms with Gasteiger partial charge in [0.25, 0.3) is 0 Å². The van der Waals surface area contributed by atoms with Crippen molar-refractivity contribution in [2.45, 2.75) is 52.0 Å². The summed E-state index contributed by atoms with van der Waals surface area (Å²) < 4.78 is 5.27. The molecule has 5 heteroatoms. The van der Waals surface area contributed by atoms with Crippen LogP contribution in [0.2, 0.25) is 0 Å². The highest BCUT2D eigenvalue weighted by Gasteiger charge is 2.24. The summed E-state index contributed by atoms with van der Waals surface area (Å²) in [6, 6.07) is 5.96. The SMILES string of the molecule is COc1ccc(C)cc1NC(=O)CCN(C(C)=O)C1CCCC1. The van der Waals surface area contributed by atoms with E-state index < -0.39 is 0 Å². The molecule has 1 aliphatic carbocycles. The molecular formula is C18H26N2O3. The van der Waals surface area contributed by atoms with Crippen LogP contribution in [-0.2, 0) is 9.59 Å². The maximum atomic E-state index is 12.2. The Bertz CT molecular complexity index is 565. The molecule has 1 saturated carbocycles. The Hall–Kier alpha value is -2.04. The Morgan fingerprint density at radius 2 is 2.00 bits per heavy atom. The van der Waals surface area contributed by atoms with E-state index in [0.29, 0.717) is 30.4 Å². The van der Waals surface area contributed by atoms with E-state index in [1.165, 1.54) is 12.8 Å². The summed E-state index contributed by atoms with van der Waals surface area (Å²) in [7, 11) is 1.58. The highest BCUT2D eigenvalue weighted by molar-refractivity contribution is 5.92. The topological polar surface area (TPSA) is 58.6 Å². The molecule has 0 radical (unpaired) electrons. The van der Waals surface area contributed by atoms with Crippen LogP contribution in [0.5, 0.6) is 5.75 Å². The largest absolute Gasteiger partial charge is 0.495 e. The van der Waals surface area contributed by atoms with E-state index in [2.05, 4.69) is 5.32 Å². The Balaban J connectivity index is 1.93. The van der Waals surface area contributed by atoms with Crippen LogP contribution >= 0.6 is 0 Å². The van der Waals surface area contributed by atoms with Gasteiger partial charge in [-0.05, 0) is 37.5 Å². The lowest BCUT2D eigenvalue weighted by molar-refractivity contribution is -0.131. The van der Waals surface area contributed by atoms with Crippen molar-refractivity contribution in [3.63, 3.8) is 0 Å². The fraction of sp³-hybridized carbons (Fsp3) is 0.556. The van der Waals surface area contributed by atoms with Gasteiger partial charge in [0.1, 0.15) is 5.75 Å². The van der Waals surface area contributed by atoms with E-state index in [9.17, 15) is 9.59 Å². The zero-order chi connectivity index (χ0) is 16.8. The quantitative estimate of drug-likeness (QED) is 0.876. The molecule has 23 heavy (non-hydrogen) atoms. The zero-order valence-electron chi connectivity index (χ0n) is 14.2. The average Bonchev–Trinajstić information content (AvgIpc) is 3.01. The molecule has 0 bridgehead atoms. The summed E-state index contributed by atoms with van der Waals surface area (Å²) in [5, 5.41) is 2.89. The van der Waals surface area contributed by atoms with Crippen molar-refractivity contribution in [2.75, 3.05) is 19.0 Å². The summed E-state index contributed by atoms with van der Waals surface area (Å²) in [6.45, 7) is 4.02. The minimum Gasteiger partial charge on any atom is -0.495 e. The van der Waals surface area contributed by atoms with E-state index >= 15 is 0 Å². The molecule has 1 aliphatic rings. The normalized spacial score (nSPS) is 14.6. The number of nitrogens with one attached hydrogen (secondary N) is 1. The molecule has 0 saturated heterocycles. The summed E-state index contributed by atoms with van der Waals surface area (Å²) in [6.07, 6.45) is 4.73. The molecule has 0 unspecified atom stereocenters. The molecule has 1 fully saturated rings. The predicted molar refractivity (Wildman–Crippen MR) is 90.6 cm³/mol. The summed E-state index contributed by atoms with van der Waals surface area (Å²) >= 11 is 0. The molecule has 2 amide bonds. The summed E-state index contributed by atoms with van der Waals surface area (Å²) in [4.78, 5) is 25.9. The summed E-state index contributed by atoms with van der Waals surface area (Å²) in [5.41, 5.74) is 1.73. The van der Waals surface area contributed by atoms with Gasteiger partial charge < -0.3 is 15.0 Å². The molecule has 0 aliphatic heterocycles. The van der Waals surface area contributed by atoms with Crippen molar-refractivity contribution in [3.05, 3.63) is 23.8 Å². The van der Waals surface area contributed by atoms with Gasteiger partial charge >= 0.3 is 0 Å². The molecule has 5 nitrogen and oxygen atoms in total. The zero-order valence-corrected chi connectivity index (χ0v) is 14.2. The Labute approximate surface area is 138 Å². The summed E-state index contributed by atoms with van der Waals surface area (Å²) in [5.74, 6) is 0.596. The number of amides is 2. The lowest BCUT2D eigenvalue weighted by atomic mass is 10.2. The van der Waals surface area contributed by atoms with Crippen LogP contribution in [0.25, 0.3) is 0 Å². The maximum Gasteiger partial charge on any atom is 0.226 e.